The first-order valence-electron chi connectivity index (χ1n) is 13.7. The van der Waals surface area contributed by atoms with Crippen molar-refractivity contribution in [2.45, 2.75) is 90.9 Å². The van der Waals surface area contributed by atoms with E-state index < -0.39 is 11.6 Å². The van der Waals surface area contributed by atoms with Gasteiger partial charge in [0.1, 0.15) is 12.4 Å². The highest BCUT2D eigenvalue weighted by Crippen LogP contribution is 2.43. The Kier molecular flexibility index (Phi) is 9.03. The summed E-state index contributed by atoms with van der Waals surface area (Å²) in [5.41, 5.74) is 0.518. The zero-order valence-electron chi connectivity index (χ0n) is 21.1. The Bertz CT molecular complexity index is 950. The van der Waals surface area contributed by atoms with Crippen molar-refractivity contribution in [2.75, 3.05) is 6.61 Å². The minimum atomic E-state index is -0.744. The molecule has 0 aliphatic heterocycles. The van der Waals surface area contributed by atoms with Crippen LogP contribution in [0.3, 0.4) is 0 Å². The van der Waals surface area contributed by atoms with Gasteiger partial charge in [-0.15, -0.1) is 0 Å². The van der Waals surface area contributed by atoms with E-state index in [0.29, 0.717) is 35.6 Å². The number of aryl methyl sites for hydroxylation is 1. The van der Waals surface area contributed by atoms with Crippen LogP contribution in [-0.4, -0.2) is 6.61 Å². The van der Waals surface area contributed by atoms with Crippen LogP contribution in [0.5, 0.6) is 5.75 Å². The van der Waals surface area contributed by atoms with Gasteiger partial charge < -0.3 is 4.74 Å². The smallest absolute Gasteiger partial charge is 0.167 e. The maximum atomic E-state index is 14.9. The monoisotopic (exact) mass is 468 g/mol. The van der Waals surface area contributed by atoms with Crippen LogP contribution in [0.4, 0.5) is 8.78 Å². The number of fused-ring (bicyclic) bond motifs is 1. The van der Waals surface area contributed by atoms with E-state index in [0.717, 1.165) is 29.6 Å². The number of hydrogen-bond acceptors (Lipinski definition) is 1. The molecule has 0 amide bonds. The average molecular weight is 469 g/mol. The van der Waals surface area contributed by atoms with Gasteiger partial charge in [0.25, 0.3) is 0 Å². The summed E-state index contributed by atoms with van der Waals surface area (Å²) in [6.07, 6.45) is 19.0. The normalized spacial score (nSPS) is 25.8. The van der Waals surface area contributed by atoms with Gasteiger partial charge in [-0.2, -0.15) is 0 Å². The SMILES string of the molecule is CC=CCOc1ccc2cc(CCC3CCC(C4CCC(CCC)CC4)CC3)c(F)c(F)c2c1. The van der Waals surface area contributed by atoms with E-state index in [1.807, 2.05) is 37.3 Å². The first-order valence-corrected chi connectivity index (χ1v) is 13.7. The van der Waals surface area contributed by atoms with Crippen molar-refractivity contribution in [3.63, 3.8) is 0 Å². The zero-order valence-corrected chi connectivity index (χ0v) is 21.1. The lowest BCUT2D eigenvalue weighted by Gasteiger charge is -2.38. The molecule has 2 fully saturated rings. The van der Waals surface area contributed by atoms with E-state index in [1.165, 1.54) is 64.2 Å². The second kappa shape index (κ2) is 12.2. The lowest BCUT2D eigenvalue weighted by molar-refractivity contribution is 0.141. The van der Waals surface area contributed by atoms with Gasteiger partial charge in [0.2, 0.25) is 0 Å². The largest absolute Gasteiger partial charge is 0.490 e. The summed E-state index contributed by atoms with van der Waals surface area (Å²) < 4.78 is 35.4. The van der Waals surface area contributed by atoms with Gasteiger partial charge in [0, 0.05) is 5.39 Å². The third kappa shape index (κ3) is 6.20. The lowest BCUT2D eigenvalue weighted by atomic mass is 9.68. The lowest BCUT2D eigenvalue weighted by Crippen LogP contribution is -2.26. The van der Waals surface area contributed by atoms with E-state index in [2.05, 4.69) is 6.92 Å². The molecule has 0 aromatic heterocycles. The van der Waals surface area contributed by atoms with Crippen LogP contribution < -0.4 is 4.74 Å². The first-order chi connectivity index (χ1) is 16.6. The Labute approximate surface area is 205 Å². The van der Waals surface area contributed by atoms with E-state index in [1.54, 1.807) is 6.07 Å². The third-order valence-electron chi connectivity index (χ3n) is 8.62. The van der Waals surface area contributed by atoms with Crippen LogP contribution in [0.15, 0.2) is 36.4 Å². The van der Waals surface area contributed by atoms with Gasteiger partial charge in [-0.3, -0.25) is 0 Å². The molecule has 34 heavy (non-hydrogen) atoms. The highest BCUT2D eigenvalue weighted by molar-refractivity contribution is 5.85. The molecule has 0 radical (unpaired) electrons. The van der Waals surface area contributed by atoms with Gasteiger partial charge >= 0.3 is 0 Å². The Morgan fingerprint density at radius 1 is 0.853 bits per heavy atom. The fourth-order valence-electron chi connectivity index (χ4n) is 6.54. The third-order valence-corrected chi connectivity index (χ3v) is 8.62. The maximum absolute atomic E-state index is 14.9. The molecule has 2 aliphatic rings. The molecule has 0 atom stereocenters. The van der Waals surface area contributed by atoms with Crippen LogP contribution in [0, 0.1) is 35.3 Å². The van der Waals surface area contributed by atoms with Gasteiger partial charge in [-0.25, -0.2) is 8.78 Å². The summed E-state index contributed by atoms with van der Waals surface area (Å²) in [5, 5.41) is 1.04. The highest BCUT2D eigenvalue weighted by atomic mass is 19.2. The van der Waals surface area contributed by atoms with Crippen molar-refractivity contribution in [3.05, 3.63) is 53.6 Å². The minimum absolute atomic E-state index is 0.299. The fourth-order valence-corrected chi connectivity index (χ4v) is 6.54. The summed E-state index contributed by atoms with van der Waals surface area (Å²) in [4.78, 5) is 0. The molecule has 0 N–H and O–H groups in total. The van der Waals surface area contributed by atoms with Crippen LogP contribution in [0.25, 0.3) is 10.8 Å². The summed E-state index contributed by atoms with van der Waals surface area (Å²) in [7, 11) is 0. The molecule has 0 saturated heterocycles. The Balaban J connectivity index is 1.30. The molecule has 1 nitrogen and oxygen atoms in total. The van der Waals surface area contributed by atoms with Crippen molar-refractivity contribution in [3.8, 4) is 5.75 Å². The first kappa shape index (κ1) is 25.2. The molecule has 2 aromatic carbocycles. The van der Waals surface area contributed by atoms with Gasteiger partial charge in [-0.1, -0.05) is 63.7 Å². The molecule has 3 heteroatoms. The van der Waals surface area contributed by atoms with Crippen LogP contribution in [0.2, 0.25) is 0 Å². The van der Waals surface area contributed by atoms with E-state index in [-0.39, 0.29) is 0 Å². The summed E-state index contributed by atoms with van der Waals surface area (Å²) in [6.45, 7) is 4.65. The maximum Gasteiger partial charge on any atom is 0.167 e. The van der Waals surface area contributed by atoms with Crippen molar-refractivity contribution in [2.24, 2.45) is 23.7 Å². The van der Waals surface area contributed by atoms with Crippen molar-refractivity contribution < 1.29 is 13.5 Å². The molecule has 2 aliphatic carbocycles. The van der Waals surface area contributed by atoms with Gasteiger partial charge in [-0.05, 0) is 98.3 Å². The average Bonchev–Trinajstić information content (AvgIpc) is 2.87. The molecule has 2 saturated carbocycles. The molecular weight excluding hydrogens is 426 g/mol. The number of allylic oxidation sites excluding steroid dienone is 1. The quantitative estimate of drug-likeness (QED) is 0.333. The van der Waals surface area contributed by atoms with Gasteiger partial charge in [0.15, 0.2) is 11.6 Å². The summed E-state index contributed by atoms with van der Waals surface area (Å²) >= 11 is 0. The van der Waals surface area contributed by atoms with Crippen LogP contribution in [0.1, 0.15) is 90.0 Å². The molecule has 2 aromatic rings. The van der Waals surface area contributed by atoms with E-state index >= 15 is 0 Å². The standard InChI is InChI=1S/C31H42F2O/c1-3-5-19-34-28-18-17-26-20-27(30(32)31(33)29(26)21-28)16-11-23-9-14-25(15-10-23)24-12-7-22(6-4-2)8-13-24/h3,5,17-18,20-25H,4,6-16,19H2,1-2H3. The molecule has 186 valence electrons. The van der Waals surface area contributed by atoms with Crippen molar-refractivity contribution in [1.29, 1.82) is 0 Å². The van der Waals surface area contributed by atoms with Gasteiger partial charge in [0.05, 0.1) is 0 Å². The molecule has 0 unspecified atom stereocenters. The summed E-state index contributed by atoms with van der Waals surface area (Å²) in [5.74, 6) is 2.60. The number of benzene rings is 2. The van der Waals surface area contributed by atoms with Crippen LogP contribution in [-0.2, 0) is 6.42 Å². The minimum Gasteiger partial charge on any atom is -0.490 e. The van der Waals surface area contributed by atoms with E-state index in [4.69, 9.17) is 4.74 Å². The number of ether oxygens (including phenoxy) is 1. The fraction of sp³-hybridized carbons (Fsp3) is 0.613. The second-order valence-corrected chi connectivity index (χ2v) is 10.8. The molecule has 0 heterocycles. The number of rotatable bonds is 9. The molecular formula is C31H42F2O. The topological polar surface area (TPSA) is 9.23 Å². The molecule has 4 rings (SSSR count). The predicted octanol–water partition coefficient (Wildman–Crippen LogP) is 9.42. The summed E-state index contributed by atoms with van der Waals surface area (Å²) in [6, 6.07) is 7.12. The number of hydrogen-bond donors (Lipinski definition) is 0. The number of halogens is 2. The Morgan fingerprint density at radius 2 is 1.50 bits per heavy atom. The molecule has 0 bridgehead atoms. The van der Waals surface area contributed by atoms with Crippen LogP contribution >= 0.6 is 0 Å². The Hall–Kier alpha value is -1.90. The van der Waals surface area contributed by atoms with E-state index in [9.17, 15) is 8.78 Å². The van der Waals surface area contributed by atoms with Crippen molar-refractivity contribution >= 4 is 10.8 Å². The Morgan fingerprint density at radius 3 is 2.12 bits per heavy atom. The second-order valence-electron chi connectivity index (χ2n) is 10.8. The predicted molar refractivity (Wildman–Crippen MR) is 138 cm³/mol. The molecule has 0 spiro atoms. The highest BCUT2D eigenvalue weighted by Gasteiger charge is 2.30. The zero-order chi connectivity index (χ0) is 23.9. The van der Waals surface area contributed by atoms with Crippen molar-refractivity contribution in [1.82, 2.24) is 0 Å².